The zero-order chi connectivity index (χ0) is 23.7. The van der Waals surface area contributed by atoms with E-state index in [1.54, 1.807) is 13.8 Å². The first-order chi connectivity index (χ1) is 16.4. The van der Waals surface area contributed by atoms with E-state index in [9.17, 15) is 9.59 Å². The molecule has 0 radical (unpaired) electrons. The van der Waals surface area contributed by atoms with Gasteiger partial charge in [-0.05, 0) is 23.3 Å². The number of ether oxygens (including phenoxy) is 3. The van der Waals surface area contributed by atoms with Gasteiger partial charge < -0.3 is 19.2 Å². The van der Waals surface area contributed by atoms with Crippen molar-refractivity contribution >= 4 is 22.8 Å². The maximum absolute atomic E-state index is 13.2. The Morgan fingerprint density at radius 3 is 2.26 bits per heavy atom. The number of carbonyl (C=O) groups excluding carboxylic acids is 2. The molecule has 6 nitrogen and oxygen atoms in total. The van der Waals surface area contributed by atoms with Gasteiger partial charge in [-0.1, -0.05) is 66.7 Å². The van der Waals surface area contributed by atoms with E-state index in [0.29, 0.717) is 17.9 Å². The molecule has 3 aromatic carbocycles. The fourth-order valence-electron chi connectivity index (χ4n) is 4.48. The van der Waals surface area contributed by atoms with E-state index in [-0.39, 0.29) is 0 Å². The Labute approximate surface area is 197 Å². The maximum atomic E-state index is 13.2. The fourth-order valence-corrected chi connectivity index (χ4v) is 4.48. The third-order valence-corrected chi connectivity index (χ3v) is 5.98. The minimum absolute atomic E-state index is 0.352. The zero-order valence-corrected chi connectivity index (χ0v) is 19.0. The van der Waals surface area contributed by atoms with Gasteiger partial charge in [0.05, 0.1) is 0 Å². The van der Waals surface area contributed by atoms with Crippen LogP contribution in [0.1, 0.15) is 36.5 Å². The minimum Gasteiger partial charge on any atom is -0.489 e. The van der Waals surface area contributed by atoms with Crippen LogP contribution in [-0.2, 0) is 25.7 Å². The highest BCUT2D eigenvalue weighted by Gasteiger charge is 2.49. The van der Waals surface area contributed by atoms with Gasteiger partial charge in [-0.3, -0.25) is 9.59 Å². The summed E-state index contributed by atoms with van der Waals surface area (Å²) in [5.74, 6) is -3.79. The van der Waals surface area contributed by atoms with Crippen molar-refractivity contribution in [3.63, 3.8) is 0 Å². The first-order valence-electron chi connectivity index (χ1n) is 11.2. The molecule has 2 heterocycles. The lowest BCUT2D eigenvalue weighted by Crippen LogP contribution is -2.48. The Morgan fingerprint density at radius 1 is 0.853 bits per heavy atom. The monoisotopic (exact) mass is 455 g/mol. The van der Waals surface area contributed by atoms with Crippen LogP contribution in [0.2, 0.25) is 0 Å². The molecule has 6 heteroatoms. The van der Waals surface area contributed by atoms with E-state index in [2.05, 4.69) is 4.98 Å². The highest BCUT2D eigenvalue weighted by atomic mass is 16.7. The minimum atomic E-state index is -1.31. The van der Waals surface area contributed by atoms with Gasteiger partial charge in [-0.2, -0.15) is 0 Å². The molecule has 1 fully saturated rings. The summed E-state index contributed by atoms with van der Waals surface area (Å²) in [6.07, 6.45) is 1.84. The quantitative estimate of drug-likeness (QED) is 0.314. The van der Waals surface area contributed by atoms with E-state index < -0.39 is 29.6 Å². The molecule has 5 rings (SSSR count). The molecule has 0 unspecified atom stereocenters. The molecule has 34 heavy (non-hydrogen) atoms. The summed E-state index contributed by atoms with van der Waals surface area (Å²) in [7, 11) is 0. The van der Waals surface area contributed by atoms with Crippen LogP contribution in [0.5, 0.6) is 5.75 Å². The molecule has 1 atom stereocenters. The van der Waals surface area contributed by atoms with Gasteiger partial charge in [-0.15, -0.1) is 0 Å². The molecule has 0 spiro atoms. The third-order valence-electron chi connectivity index (χ3n) is 5.98. The number of aromatic amines is 1. The smallest absolute Gasteiger partial charge is 0.324 e. The Hall–Kier alpha value is -4.06. The summed E-state index contributed by atoms with van der Waals surface area (Å²) < 4.78 is 17.2. The number of hydrogen-bond acceptors (Lipinski definition) is 5. The van der Waals surface area contributed by atoms with Crippen molar-refractivity contribution in [3.8, 4) is 5.75 Å². The van der Waals surface area contributed by atoms with Crippen LogP contribution < -0.4 is 4.74 Å². The second-order valence-corrected chi connectivity index (χ2v) is 8.80. The van der Waals surface area contributed by atoms with Gasteiger partial charge in [-0.25, -0.2) is 0 Å². The van der Waals surface area contributed by atoms with E-state index in [1.807, 2.05) is 85.1 Å². The van der Waals surface area contributed by atoms with Crippen molar-refractivity contribution in [1.29, 1.82) is 0 Å². The first-order valence-corrected chi connectivity index (χ1v) is 11.2. The van der Waals surface area contributed by atoms with Crippen molar-refractivity contribution in [2.24, 2.45) is 5.92 Å². The molecule has 1 aromatic heterocycles. The molecule has 1 N–H and O–H groups in total. The van der Waals surface area contributed by atoms with E-state index in [0.717, 1.165) is 22.0 Å². The predicted octanol–water partition coefficient (Wildman–Crippen LogP) is 5.33. The molecule has 1 aliphatic rings. The van der Waals surface area contributed by atoms with Crippen LogP contribution in [-0.4, -0.2) is 22.7 Å². The summed E-state index contributed by atoms with van der Waals surface area (Å²) in [4.78, 5) is 29.6. The number of para-hydroxylation sites is 2. The highest BCUT2D eigenvalue weighted by molar-refractivity contribution is 5.99. The zero-order valence-electron chi connectivity index (χ0n) is 19.0. The average molecular weight is 456 g/mol. The number of fused-ring (bicyclic) bond motifs is 1. The van der Waals surface area contributed by atoms with Crippen LogP contribution in [0.4, 0.5) is 0 Å². The Morgan fingerprint density at radius 2 is 1.50 bits per heavy atom. The number of benzene rings is 3. The van der Waals surface area contributed by atoms with Crippen molar-refractivity contribution in [2.45, 2.75) is 32.2 Å². The molecule has 0 amide bonds. The lowest BCUT2D eigenvalue weighted by Gasteiger charge is -2.36. The molecule has 172 valence electrons. The number of cyclic esters (lactones) is 2. The van der Waals surface area contributed by atoms with E-state index in [1.165, 1.54) is 0 Å². The van der Waals surface area contributed by atoms with Crippen LogP contribution in [0, 0.1) is 5.92 Å². The summed E-state index contributed by atoms with van der Waals surface area (Å²) >= 11 is 0. The number of hydrogen-bond donors (Lipinski definition) is 1. The summed E-state index contributed by atoms with van der Waals surface area (Å²) in [6, 6.07) is 25.1. The van der Waals surface area contributed by atoms with E-state index >= 15 is 0 Å². The highest BCUT2D eigenvalue weighted by Crippen LogP contribution is 2.43. The van der Waals surface area contributed by atoms with Crippen LogP contribution >= 0.6 is 0 Å². The van der Waals surface area contributed by atoms with E-state index in [4.69, 9.17) is 14.2 Å². The lowest BCUT2D eigenvalue weighted by atomic mass is 9.79. The standard InChI is InChI=1S/C28H25NO5/c1-28(2)33-26(30)25(27(31)34-28)24(21-16-29-22-14-8-6-12-19(21)22)20-13-7-9-15-23(20)32-17-18-10-4-3-5-11-18/h3-16,24-25,29H,17H2,1-2H3/t24-/m0/s1. The number of carbonyl (C=O) groups is 2. The number of nitrogens with one attached hydrogen (secondary N) is 1. The molecular formula is C28H25NO5. The van der Waals surface area contributed by atoms with Crippen LogP contribution in [0.15, 0.2) is 85.1 Å². The van der Waals surface area contributed by atoms with Gasteiger partial charge in [0.25, 0.3) is 5.79 Å². The third kappa shape index (κ3) is 4.15. The van der Waals surface area contributed by atoms with Crippen molar-refractivity contribution in [2.75, 3.05) is 0 Å². The molecule has 0 saturated carbocycles. The average Bonchev–Trinajstić information content (AvgIpc) is 3.24. The van der Waals surface area contributed by atoms with Crippen molar-refractivity contribution in [1.82, 2.24) is 4.98 Å². The second kappa shape index (κ2) is 8.71. The summed E-state index contributed by atoms with van der Waals surface area (Å²) in [5, 5.41) is 0.913. The van der Waals surface area contributed by atoms with Gasteiger partial charge in [0.2, 0.25) is 0 Å². The Bertz CT molecular complexity index is 1320. The van der Waals surface area contributed by atoms with Gasteiger partial charge in [0.15, 0.2) is 5.92 Å². The predicted molar refractivity (Wildman–Crippen MR) is 127 cm³/mol. The topological polar surface area (TPSA) is 77.6 Å². The first kappa shape index (κ1) is 21.8. The van der Waals surface area contributed by atoms with Crippen molar-refractivity contribution < 1.29 is 23.8 Å². The van der Waals surface area contributed by atoms with Gasteiger partial charge in [0, 0.05) is 42.4 Å². The van der Waals surface area contributed by atoms with Crippen LogP contribution in [0.25, 0.3) is 10.9 Å². The molecule has 0 bridgehead atoms. The lowest BCUT2D eigenvalue weighted by molar-refractivity contribution is -0.240. The number of esters is 2. The molecule has 0 aliphatic carbocycles. The number of aromatic nitrogens is 1. The second-order valence-electron chi connectivity index (χ2n) is 8.80. The fraction of sp³-hybridized carbons (Fsp3) is 0.214. The Kier molecular flexibility index (Phi) is 5.57. The van der Waals surface area contributed by atoms with Gasteiger partial charge >= 0.3 is 11.9 Å². The van der Waals surface area contributed by atoms with Crippen LogP contribution in [0.3, 0.4) is 0 Å². The maximum Gasteiger partial charge on any atom is 0.324 e. The number of rotatable bonds is 6. The summed E-state index contributed by atoms with van der Waals surface area (Å²) in [6.45, 7) is 3.46. The molecule has 1 aliphatic heterocycles. The molecule has 1 saturated heterocycles. The van der Waals surface area contributed by atoms with Gasteiger partial charge in [0.1, 0.15) is 12.4 Å². The van der Waals surface area contributed by atoms with Crippen molar-refractivity contribution in [3.05, 3.63) is 102 Å². The number of H-pyrrole nitrogens is 1. The molecular weight excluding hydrogens is 430 g/mol. The normalized spacial score (nSPS) is 16.6. The molecule has 4 aromatic rings. The summed E-state index contributed by atoms with van der Waals surface area (Å²) in [5.41, 5.74) is 3.42. The Balaban J connectivity index is 1.61. The largest absolute Gasteiger partial charge is 0.489 e. The SMILES string of the molecule is CC1(C)OC(=O)C([C@@H](c2ccccc2OCc2ccccc2)c2c[nH]c3ccccc23)C(=O)O1.